The van der Waals surface area contributed by atoms with E-state index in [0.717, 1.165) is 0 Å². The minimum atomic E-state index is -0.305. The van der Waals surface area contributed by atoms with Gasteiger partial charge in [-0.2, -0.15) is 0 Å². The fourth-order valence-electron chi connectivity index (χ4n) is 1.55. The molecule has 1 unspecified atom stereocenters. The van der Waals surface area contributed by atoms with E-state index in [4.69, 9.17) is 10.5 Å². The van der Waals surface area contributed by atoms with Crippen molar-refractivity contribution >= 4 is 35.0 Å². The molecule has 1 amide bonds. The van der Waals surface area contributed by atoms with Crippen molar-refractivity contribution in [2.45, 2.75) is 18.6 Å². The van der Waals surface area contributed by atoms with Gasteiger partial charge in [-0.15, -0.1) is 11.8 Å². The molecule has 0 saturated carbocycles. The van der Waals surface area contributed by atoms with Crippen molar-refractivity contribution < 1.29 is 19.1 Å². The molecule has 0 aliphatic rings. The quantitative estimate of drug-likeness (QED) is 0.590. The molecule has 1 aromatic carbocycles. The molecule has 7 heteroatoms. The van der Waals surface area contributed by atoms with Gasteiger partial charge in [0.2, 0.25) is 5.91 Å². The summed E-state index contributed by atoms with van der Waals surface area (Å²) in [6.07, 6.45) is 0.278. The van der Waals surface area contributed by atoms with Crippen LogP contribution in [0.15, 0.2) is 18.2 Å². The molecule has 6 nitrogen and oxygen atoms in total. The number of hydrogen-bond donors (Lipinski definition) is 2. The van der Waals surface area contributed by atoms with Crippen molar-refractivity contribution in [1.82, 2.24) is 0 Å². The molecule has 1 rings (SSSR count). The first-order valence-electron chi connectivity index (χ1n) is 6.40. The number of rotatable bonds is 7. The zero-order chi connectivity index (χ0) is 15.8. The fourth-order valence-corrected chi connectivity index (χ4v) is 2.40. The van der Waals surface area contributed by atoms with E-state index >= 15 is 0 Å². The highest BCUT2D eigenvalue weighted by atomic mass is 32.2. The third-order valence-electron chi connectivity index (χ3n) is 2.75. The van der Waals surface area contributed by atoms with Crippen LogP contribution < -0.4 is 15.8 Å². The molecule has 0 spiro atoms. The van der Waals surface area contributed by atoms with Gasteiger partial charge in [-0.1, -0.05) is 0 Å². The van der Waals surface area contributed by atoms with E-state index in [2.05, 4.69) is 10.1 Å². The lowest BCUT2D eigenvalue weighted by Gasteiger charge is -2.14. The maximum Gasteiger partial charge on any atom is 0.306 e. The van der Waals surface area contributed by atoms with Gasteiger partial charge in [0.1, 0.15) is 5.75 Å². The number of benzene rings is 1. The van der Waals surface area contributed by atoms with Crippen molar-refractivity contribution in [2.75, 3.05) is 31.0 Å². The Morgan fingerprint density at radius 2 is 2.10 bits per heavy atom. The van der Waals surface area contributed by atoms with Crippen molar-refractivity contribution in [2.24, 2.45) is 0 Å². The smallest absolute Gasteiger partial charge is 0.306 e. The summed E-state index contributed by atoms with van der Waals surface area (Å²) < 4.78 is 9.72. The summed E-state index contributed by atoms with van der Waals surface area (Å²) in [7, 11) is 2.87. The third-order valence-corrected chi connectivity index (χ3v) is 3.91. The highest BCUT2D eigenvalue weighted by Gasteiger charge is 2.16. The number of hydrogen-bond acceptors (Lipinski definition) is 6. The van der Waals surface area contributed by atoms with E-state index in [1.807, 2.05) is 0 Å². The number of ether oxygens (including phenoxy) is 2. The summed E-state index contributed by atoms with van der Waals surface area (Å²) in [4.78, 5) is 23.1. The lowest BCUT2D eigenvalue weighted by atomic mass is 10.2. The van der Waals surface area contributed by atoms with Crippen LogP contribution in [0, 0.1) is 0 Å². The standard InChI is InChI=1S/C14H20N2O4S/c1-9(21-7-6-13(17)20-3)14(18)16-11-8-10(15)4-5-12(11)19-2/h4-5,8-9H,6-7,15H2,1-3H3,(H,16,18). The van der Waals surface area contributed by atoms with Crippen LogP contribution in [0.5, 0.6) is 5.75 Å². The predicted molar refractivity (Wildman–Crippen MR) is 84.6 cm³/mol. The molecule has 0 saturated heterocycles. The van der Waals surface area contributed by atoms with Crippen LogP contribution in [0.2, 0.25) is 0 Å². The maximum atomic E-state index is 12.1. The summed E-state index contributed by atoms with van der Waals surface area (Å²) in [5.74, 6) is 0.612. The van der Waals surface area contributed by atoms with Gasteiger partial charge >= 0.3 is 5.97 Å². The van der Waals surface area contributed by atoms with E-state index in [1.165, 1.54) is 26.0 Å². The van der Waals surface area contributed by atoms with Gasteiger partial charge in [-0.25, -0.2) is 0 Å². The molecular weight excluding hydrogens is 292 g/mol. The van der Waals surface area contributed by atoms with E-state index in [1.54, 1.807) is 25.1 Å². The molecule has 1 aromatic rings. The largest absolute Gasteiger partial charge is 0.495 e. The van der Waals surface area contributed by atoms with Gasteiger partial charge in [0.25, 0.3) is 0 Å². The van der Waals surface area contributed by atoms with Crippen LogP contribution in [0.25, 0.3) is 0 Å². The number of nitrogens with two attached hydrogens (primary N) is 1. The van der Waals surface area contributed by atoms with Gasteiger partial charge < -0.3 is 20.5 Å². The average Bonchev–Trinajstić information content (AvgIpc) is 2.47. The molecule has 0 aromatic heterocycles. The maximum absolute atomic E-state index is 12.1. The molecule has 116 valence electrons. The molecule has 0 aliphatic heterocycles. The van der Waals surface area contributed by atoms with E-state index in [-0.39, 0.29) is 23.5 Å². The zero-order valence-electron chi connectivity index (χ0n) is 12.3. The summed E-state index contributed by atoms with van der Waals surface area (Å²) in [5, 5.41) is 2.47. The predicted octanol–water partition coefficient (Wildman–Crippen LogP) is 1.90. The number of esters is 1. The van der Waals surface area contributed by atoms with Gasteiger partial charge in [0.15, 0.2) is 0 Å². The number of carbonyl (C=O) groups is 2. The lowest BCUT2D eigenvalue weighted by molar-refractivity contribution is -0.140. The zero-order valence-corrected chi connectivity index (χ0v) is 13.2. The first-order chi connectivity index (χ1) is 9.97. The molecule has 0 heterocycles. The number of thioether (sulfide) groups is 1. The van der Waals surface area contributed by atoms with Crippen molar-refractivity contribution in [3.63, 3.8) is 0 Å². The molecule has 1 atom stereocenters. The van der Waals surface area contributed by atoms with Crippen LogP contribution in [0.3, 0.4) is 0 Å². The third kappa shape index (κ3) is 5.55. The van der Waals surface area contributed by atoms with Gasteiger partial charge in [-0.3, -0.25) is 9.59 Å². The monoisotopic (exact) mass is 312 g/mol. The minimum Gasteiger partial charge on any atom is -0.495 e. The van der Waals surface area contributed by atoms with Crippen molar-refractivity contribution in [3.05, 3.63) is 18.2 Å². The molecule has 0 fully saturated rings. The summed E-state index contributed by atoms with van der Waals surface area (Å²) in [6.45, 7) is 1.77. The van der Waals surface area contributed by atoms with Gasteiger partial charge in [-0.05, 0) is 25.1 Å². The van der Waals surface area contributed by atoms with Crippen LogP contribution in [0.4, 0.5) is 11.4 Å². The van der Waals surface area contributed by atoms with Gasteiger partial charge in [0, 0.05) is 11.4 Å². The fraction of sp³-hybridized carbons (Fsp3) is 0.429. The normalized spacial score (nSPS) is 11.6. The highest BCUT2D eigenvalue weighted by molar-refractivity contribution is 8.00. The van der Waals surface area contributed by atoms with E-state index in [0.29, 0.717) is 22.9 Å². The second kappa shape index (κ2) is 8.41. The Morgan fingerprint density at radius 1 is 1.38 bits per heavy atom. The molecule has 0 radical (unpaired) electrons. The summed E-state index contributed by atoms with van der Waals surface area (Å²) >= 11 is 1.38. The van der Waals surface area contributed by atoms with Crippen molar-refractivity contribution in [1.29, 1.82) is 0 Å². The molecular formula is C14H20N2O4S. The Bertz CT molecular complexity index is 508. The van der Waals surface area contributed by atoms with Gasteiger partial charge in [0.05, 0.1) is 31.6 Å². The number of nitrogen functional groups attached to an aromatic ring is 1. The van der Waals surface area contributed by atoms with Crippen LogP contribution >= 0.6 is 11.8 Å². The van der Waals surface area contributed by atoms with Crippen LogP contribution in [-0.4, -0.2) is 37.1 Å². The number of methoxy groups -OCH3 is 2. The minimum absolute atomic E-state index is 0.172. The Labute approximate surface area is 128 Å². The Hall–Kier alpha value is -1.89. The highest BCUT2D eigenvalue weighted by Crippen LogP contribution is 2.27. The number of nitrogens with one attached hydrogen (secondary N) is 1. The number of anilines is 2. The first-order valence-corrected chi connectivity index (χ1v) is 7.45. The molecule has 0 aliphatic carbocycles. The first kappa shape index (κ1) is 17.2. The van der Waals surface area contributed by atoms with Crippen molar-refractivity contribution in [3.8, 4) is 5.75 Å². The Kier molecular flexibility index (Phi) is 6.87. The topological polar surface area (TPSA) is 90.7 Å². The van der Waals surface area contributed by atoms with Crippen LogP contribution in [-0.2, 0) is 14.3 Å². The molecule has 3 N–H and O–H groups in total. The van der Waals surface area contributed by atoms with E-state index in [9.17, 15) is 9.59 Å². The summed E-state index contributed by atoms with van der Waals surface area (Å²) in [6, 6.07) is 5.03. The second-order valence-electron chi connectivity index (χ2n) is 4.29. The molecule has 0 bridgehead atoms. The van der Waals surface area contributed by atoms with E-state index < -0.39 is 0 Å². The Morgan fingerprint density at radius 3 is 2.71 bits per heavy atom. The molecule has 21 heavy (non-hydrogen) atoms. The lowest BCUT2D eigenvalue weighted by Crippen LogP contribution is -2.23. The SMILES string of the molecule is COC(=O)CCSC(C)C(=O)Nc1cc(N)ccc1OC. The second-order valence-corrected chi connectivity index (χ2v) is 5.74. The average molecular weight is 312 g/mol. The Balaban J connectivity index is 2.56. The van der Waals surface area contributed by atoms with Crippen LogP contribution in [0.1, 0.15) is 13.3 Å². The number of amides is 1. The summed E-state index contributed by atoms with van der Waals surface area (Å²) in [5.41, 5.74) is 6.77. The number of carbonyl (C=O) groups excluding carboxylic acids is 2.